The largest absolute Gasteiger partial charge is 0.354 e. The van der Waals surface area contributed by atoms with Gasteiger partial charge in [-0.1, -0.05) is 55.7 Å². The number of rotatable bonds is 3. The molecule has 2 aromatic carbocycles. The van der Waals surface area contributed by atoms with Crippen LogP contribution in [0.1, 0.15) is 66.9 Å². The average Bonchev–Trinajstić information content (AvgIpc) is 2.85. The lowest BCUT2D eigenvalue weighted by Crippen LogP contribution is -2.36. The molecule has 0 atom stereocenters. The second kappa shape index (κ2) is 8.44. The fourth-order valence-electron chi connectivity index (χ4n) is 4.01. The maximum atomic E-state index is 12.8. The van der Waals surface area contributed by atoms with Crippen molar-refractivity contribution in [3.8, 4) is 0 Å². The smallest absolute Gasteiger partial charge is 0.251 e. The number of hydrogen-bond acceptors (Lipinski definition) is 3. The van der Waals surface area contributed by atoms with Crippen LogP contribution in [0, 0.1) is 6.92 Å². The zero-order valence-corrected chi connectivity index (χ0v) is 17.5. The topological polar surface area (TPSA) is 41.1 Å². The minimum absolute atomic E-state index is 0.0418. The van der Waals surface area contributed by atoms with E-state index >= 15 is 0 Å². The van der Waals surface area contributed by atoms with E-state index in [1.54, 1.807) is 11.8 Å². The summed E-state index contributed by atoms with van der Waals surface area (Å²) in [6.07, 6.45) is 9.11. The number of benzene rings is 2. The van der Waals surface area contributed by atoms with Gasteiger partial charge in [0, 0.05) is 32.7 Å². The predicted molar refractivity (Wildman–Crippen MR) is 118 cm³/mol. The summed E-state index contributed by atoms with van der Waals surface area (Å²) in [7, 11) is 0. The molecule has 1 heterocycles. The normalized spacial score (nSPS) is 18.0. The van der Waals surface area contributed by atoms with Crippen molar-refractivity contribution in [3.05, 3.63) is 59.2 Å². The van der Waals surface area contributed by atoms with Crippen LogP contribution in [0.2, 0.25) is 0 Å². The highest BCUT2D eigenvalue weighted by Crippen LogP contribution is 2.42. The van der Waals surface area contributed by atoms with Gasteiger partial charge in [-0.05, 0) is 56.5 Å². The number of nitrogens with one attached hydrogen (secondary N) is 2. The van der Waals surface area contributed by atoms with Gasteiger partial charge in [0.05, 0.1) is 5.69 Å². The average molecular weight is 393 g/mol. The molecular formula is C24H28N2OS. The second-order valence-electron chi connectivity index (χ2n) is 7.77. The number of aryl methyl sites for hydroxylation is 1. The Bertz CT molecular complexity index is 913. The number of carbonyl (C=O) groups is 1. The molecule has 0 saturated heterocycles. The Morgan fingerprint density at radius 1 is 1.14 bits per heavy atom. The van der Waals surface area contributed by atoms with E-state index in [0.717, 1.165) is 41.1 Å². The number of fused-ring (bicyclic) bond motifs is 2. The van der Waals surface area contributed by atoms with Gasteiger partial charge in [0.25, 0.3) is 5.91 Å². The Kier molecular flexibility index (Phi) is 5.77. The first kappa shape index (κ1) is 19.1. The van der Waals surface area contributed by atoms with E-state index < -0.39 is 0 Å². The van der Waals surface area contributed by atoms with Gasteiger partial charge in [0.1, 0.15) is 0 Å². The van der Waals surface area contributed by atoms with Crippen molar-refractivity contribution in [3.63, 3.8) is 0 Å². The summed E-state index contributed by atoms with van der Waals surface area (Å²) >= 11 is 1.76. The van der Waals surface area contributed by atoms with Gasteiger partial charge >= 0.3 is 0 Å². The zero-order chi connectivity index (χ0) is 19.5. The molecule has 1 aliphatic carbocycles. The Morgan fingerprint density at radius 2 is 1.93 bits per heavy atom. The SMILES string of the molecule is CCC=C1Nc2cc(C(=O)NC3CCCCC3)ccc2Sc2ccc(C)cc21. The van der Waals surface area contributed by atoms with E-state index in [0.29, 0.717) is 6.04 Å². The lowest BCUT2D eigenvalue weighted by atomic mass is 9.95. The quantitative estimate of drug-likeness (QED) is 0.636. The molecule has 1 aliphatic heterocycles. The summed E-state index contributed by atoms with van der Waals surface area (Å²) in [4.78, 5) is 15.2. The molecule has 146 valence electrons. The Hall–Kier alpha value is -2.20. The molecule has 1 amide bonds. The van der Waals surface area contributed by atoms with Crippen molar-refractivity contribution in [2.75, 3.05) is 5.32 Å². The lowest BCUT2D eigenvalue weighted by molar-refractivity contribution is 0.0927. The molecule has 4 heteroatoms. The number of carbonyl (C=O) groups excluding carboxylic acids is 1. The van der Waals surface area contributed by atoms with Gasteiger partial charge in [0.2, 0.25) is 0 Å². The Labute approximate surface area is 172 Å². The summed E-state index contributed by atoms with van der Waals surface area (Å²) in [6, 6.07) is 12.9. The molecule has 1 fully saturated rings. The van der Waals surface area contributed by atoms with Crippen molar-refractivity contribution in [2.24, 2.45) is 0 Å². The molecule has 0 spiro atoms. The van der Waals surface area contributed by atoms with E-state index in [9.17, 15) is 4.79 Å². The maximum absolute atomic E-state index is 12.8. The first-order chi connectivity index (χ1) is 13.6. The van der Waals surface area contributed by atoms with Gasteiger partial charge in [-0.3, -0.25) is 4.79 Å². The minimum atomic E-state index is 0.0418. The molecule has 0 aromatic heterocycles. The van der Waals surface area contributed by atoms with Gasteiger partial charge in [-0.2, -0.15) is 0 Å². The molecule has 0 bridgehead atoms. The number of hydrogen-bond donors (Lipinski definition) is 2. The van der Waals surface area contributed by atoms with E-state index in [1.165, 1.54) is 35.3 Å². The molecule has 2 aliphatic rings. The van der Waals surface area contributed by atoms with Gasteiger partial charge in [0.15, 0.2) is 0 Å². The van der Waals surface area contributed by atoms with Crippen LogP contribution in [0.15, 0.2) is 52.3 Å². The molecule has 1 saturated carbocycles. The first-order valence-corrected chi connectivity index (χ1v) is 11.2. The molecule has 0 radical (unpaired) electrons. The third-order valence-electron chi connectivity index (χ3n) is 5.50. The molecule has 28 heavy (non-hydrogen) atoms. The summed E-state index contributed by atoms with van der Waals surface area (Å²) < 4.78 is 0. The van der Waals surface area contributed by atoms with Gasteiger partial charge < -0.3 is 10.6 Å². The van der Waals surface area contributed by atoms with E-state index in [2.05, 4.69) is 54.8 Å². The van der Waals surface area contributed by atoms with Crippen LogP contribution in [0.5, 0.6) is 0 Å². The van der Waals surface area contributed by atoms with Gasteiger partial charge in [-0.25, -0.2) is 0 Å². The van der Waals surface area contributed by atoms with Crippen LogP contribution >= 0.6 is 11.8 Å². The van der Waals surface area contributed by atoms with E-state index in [4.69, 9.17) is 0 Å². The summed E-state index contributed by atoms with van der Waals surface area (Å²) in [6.45, 7) is 4.28. The van der Waals surface area contributed by atoms with Gasteiger partial charge in [-0.15, -0.1) is 0 Å². The zero-order valence-electron chi connectivity index (χ0n) is 16.7. The first-order valence-electron chi connectivity index (χ1n) is 10.3. The molecular weight excluding hydrogens is 364 g/mol. The van der Waals surface area contributed by atoms with Crippen molar-refractivity contribution < 1.29 is 4.79 Å². The van der Waals surface area contributed by atoms with Crippen molar-refractivity contribution >= 4 is 29.1 Å². The minimum Gasteiger partial charge on any atom is -0.354 e. The number of allylic oxidation sites excluding steroid dienone is 1. The third kappa shape index (κ3) is 4.12. The maximum Gasteiger partial charge on any atom is 0.251 e. The fraction of sp³-hybridized carbons (Fsp3) is 0.375. The van der Waals surface area contributed by atoms with Crippen LogP contribution < -0.4 is 10.6 Å². The van der Waals surface area contributed by atoms with Crippen LogP contribution in [0.4, 0.5) is 5.69 Å². The van der Waals surface area contributed by atoms with Crippen LogP contribution in [0.3, 0.4) is 0 Å². The Balaban J connectivity index is 1.62. The molecule has 2 N–H and O–H groups in total. The third-order valence-corrected chi connectivity index (χ3v) is 6.66. The lowest BCUT2D eigenvalue weighted by Gasteiger charge is -2.23. The van der Waals surface area contributed by atoms with E-state index in [-0.39, 0.29) is 5.91 Å². The second-order valence-corrected chi connectivity index (χ2v) is 8.86. The highest BCUT2D eigenvalue weighted by molar-refractivity contribution is 7.99. The van der Waals surface area contributed by atoms with Crippen molar-refractivity contribution in [1.82, 2.24) is 5.32 Å². The summed E-state index contributed by atoms with van der Waals surface area (Å²) in [5.41, 5.74) is 5.35. The highest BCUT2D eigenvalue weighted by Gasteiger charge is 2.21. The van der Waals surface area contributed by atoms with Crippen molar-refractivity contribution in [2.45, 2.75) is 68.2 Å². The van der Waals surface area contributed by atoms with E-state index in [1.807, 2.05) is 12.1 Å². The summed E-state index contributed by atoms with van der Waals surface area (Å²) in [5, 5.41) is 6.83. The molecule has 0 unspecified atom stereocenters. The molecule has 4 rings (SSSR count). The monoisotopic (exact) mass is 392 g/mol. The summed E-state index contributed by atoms with van der Waals surface area (Å²) in [5.74, 6) is 0.0418. The van der Waals surface area contributed by atoms with Crippen LogP contribution in [-0.2, 0) is 0 Å². The fourth-order valence-corrected chi connectivity index (χ4v) is 5.02. The highest BCUT2D eigenvalue weighted by atomic mass is 32.2. The van der Waals surface area contributed by atoms with Crippen LogP contribution in [0.25, 0.3) is 5.70 Å². The van der Waals surface area contributed by atoms with Crippen LogP contribution in [-0.4, -0.2) is 11.9 Å². The predicted octanol–water partition coefficient (Wildman–Crippen LogP) is 6.39. The number of anilines is 1. The standard InChI is InChI=1S/C24H28N2OS/c1-3-7-20-19-14-16(2)10-12-22(19)28-23-13-11-17(15-21(23)26-20)24(27)25-18-8-5-4-6-9-18/h7,10-15,18,26H,3-6,8-9H2,1-2H3,(H,25,27). The van der Waals surface area contributed by atoms with Crippen molar-refractivity contribution in [1.29, 1.82) is 0 Å². The molecule has 2 aromatic rings. The Morgan fingerprint density at radius 3 is 2.71 bits per heavy atom. The number of amides is 1. The molecule has 3 nitrogen and oxygen atoms in total.